The van der Waals surface area contributed by atoms with Gasteiger partial charge in [0.2, 0.25) is 0 Å². The largest absolute Gasteiger partial charge is 0.456 e. The van der Waals surface area contributed by atoms with Crippen molar-refractivity contribution >= 4 is 53.4 Å². The van der Waals surface area contributed by atoms with E-state index in [1.54, 1.807) is 0 Å². The lowest BCUT2D eigenvalue weighted by atomic mass is 9.84. The van der Waals surface area contributed by atoms with E-state index >= 15 is 0 Å². The minimum Gasteiger partial charge on any atom is -0.456 e. The number of hydrogen-bond donors (Lipinski definition) is 0. The number of thiophene rings is 1. The second-order valence-electron chi connectivity index (χ2n) is 11.5. The summed E-state index contributed by atoms with van der Waals surface area (Å²) >= 11 is 1.91. The first-order valence-corrected chi connectivity index (χ1v) is 12.8. The average molecular weight is 463 g/mol. The maximum absolute atomic E-state index is 6.32. The molecule has 6 rings (SSSR count). The highest BCUT2D eigenvalue weighted by Gasteiger charge is 2.22. The first-order valence-electron chi connectivity index (χ1n) is 12.0. The van der Waals surface area contributed by atoms with Gasteiger partial charge >= 0.3 is 0 Å². The predicted octanol–water partition coefficient (Wildman–Crippen LogP) is 10.2. The fourth-order valence-corrected chi connectivity index (χ4v) is 6.38. The molecule has 2 heterocycles. The molecule has 0 bridgehead atoms. The zero-order valence-electron chi connectivity index (χ0n) is 20.7. The second kappa shape index (κ2) is 7.20. The maximum atomic E-state index is 6.32. The van der Waals surface area contributed by atoms with Gasteiger partial charge in [0.1, 0.15) is 11.2 Å². The third kappa shape index (κ3) is 3.35. The van der Waals surface area contributed by atoms with Gasteiger partial charge in [0, 0.05) is 30.9 Å². The smallest absolute Gasteiger partial charge is 0.136 e. The topological polar surface area (TPSA) is 13.1 Å². The Kier molecular flexibility index (Phi) is 4.54. The average Bonchev–Trinajstić information content (AvgIpc) is 3.34. The van der Waals surface area contributed by atoms with Gasteiger partial charge in [0.25, 0.3) is 0 Å². The molecular formula is C32H30OS. The summed E-state index contributed by atoms with van der Waals surface area (Å²) in [6, 6.07) is 26.8. The van der Waals surface area contributed by atoms with Gasteiger partial charge in [-0.1, -0.05) is 71.9 Å². The number of hydrogen-bond acceptors (Lipinski definition) is 2. The molecule has 4 aromatic carbocycles. The van der Waals surface area contributed by atoms with E-state index < -0.39 is 0 Å². The van der Waals surface area contributed by atoms with Crippen LogP contribution in [0.15, 0.2) is 77.2 Å². The molecule has 1 nitrogen and oxygen atoms in total. The van der Waals surface area contributed by atoms with Gasteiger partial charge in [0.15, 0.2) is 0 Å². The van der Waals surface area contributed by atoms with Crippen molar-refractivity contribution in [3.8, 4) is 11.1 Å². The molecule has 0 unspecified atom stereocenters. The van der Waals surface area contributed by atoms with Gasteiger partial charge < -0.3 is 4.42 Å². The second-order valence-corrected chi connectivity index (χ2v) is 12.6. The molecule has 0 fully saturated rings. The summed E-state index contributed by atoms with van der Waals surface area (Å²) in [6.07, 6.45) is 0. The van der Waals surface area contributed by atoms with Gasteiger partial charge in [-0.15, -0.1) is 11.3 Å². The molecule has 0 aliphatic heterocycles. The molecule has 0 aliphatic rings. The third-order valence-corrected chi connectivity index (χ3v) is 8.18. The normalized spacial score (nSPS) is 13.0. The Labute approximate surface area is 205 Å². The summed E-state index contributed by atoms with van der Waals surface area (Å²) in [4.78, 5) is 0. The summed E-state index contributed by atoms with van der Waals surface area (Å²) in [5.41, 5.74) is 7.25. The van der Waals surface area contributed by atoms with Crippen LogP contribution in [0, 0.1) is 0 Å². The summed E-state index contributed by atoms with van der Waals surface area (Å²) < 4.78 is 9.07. The molecule has 6 aromatic rings. The SMILES string of the molecule is CC(C)(C)c1ccc2oc3cc(-c4cc(C(C)(C)C)c5sc6ccccc6c5c4)ccc3c2c1. The maximum Gasteiger partial charge on any atom is 0.136 e. The van der Waals surface area contributed by atoms with E-state index in [2.05, 4.69) is 114 Å². The van der Waals surface area contributed by atoms with Crippen LogP contribution in [0.4, 0.5) is 0 Å². The minimum atomic E-state index is 0.0575. The lowest BCUT2D eigenvalue weighted by Crippen LogP contribution is -2.11. The lowest BCUT2D eigenvalue weighted by Gasteiger charge is -2.21. The molecule has 0 saturated heterocycles. The molecule has 0 amide bonds. The molecule has 0 spiro atoms. The summed E-state index contributed by atoms with van der Waals surface area (Å²) in [7, 11) is 0. The third-order valence-electron chi connectivity index (χ3n) is 6.96. The fraction of sp³-hybridized carbons (Fsp3) is 0.250. The highest BCUT2D eigenvalue weighted by Crippen LogP contribution is 2.43. The van der Waals surface area contributed by atoms with Crippen molar-refractivity contribution in [3.63, 3.8) is 0 Å². The van der Waals surface area contributed by atoms with Crippen LogP contribution in [0.2, 0.25) is 0 Å². The van der Waals surface area contributed by atoms with E-state index in [1.807, 2.05) is 11.3 Å². The first-order chi connectivity index (χ1) is 16.1. The molecule has 170 valence electrons. The van der Waals surface area contributed by atoms with E-state index in [4.69, 9.17) is 4.42 Å². The van der Waals surface area contributed by atoms with Crippen LogP contribution in [0.5, 0.6) is 0 Å². The monoisotopic (exact) mass is 462 g/mol. The van der Waals surface area contributed by atoms with E-state index in [0.717, 1.165) is 11.2 Å². The Balaban J connectivity index is 1.58. The quantitative estimate of drug-likeness (QED) is 0.237. The van der Waals surface area contributed by atoms with E-state index in [1.165, 1.54) is 53.2 Å². The predicted molar refractivity (Wildman–Crippen MR) is 149 cm³/mol. The molecule has 0 N–H and O–H groups in total. The van der Waals surface area contributed by atoms with Crippen molar-refractivity contribution in [2.45, 2.75) is 52.4 Å². The highest BCUT2D eigenvalue weighted by molar-refractivity contribution is 7.26. The molecule has 2 aromatic heterocycles. The molecule has 34 heavy (non-hydrogen) atoms. The van der Waals surface area contributed by atoms with Gasteiger partial charge in [-0.2, -0.15) is 0 Å². The van der Waals surface area contributed by atoms with Crippen LogP contribution < -0.4 is 0 Å². The van der Waals surface area contributed by atoms with Crippen molar-refractivity contribution < 1.29 is 4.42 Å². The Morgan fingerprint density at radius 1 is 0.588 bits per heavy atom. The first kappa shape index (κ1) is 21.4. The fourth-order valence-electron chi connectivity index (χ4n) is 4.97. The van der Waals surface area contributed by atoms with Gasteiger partial charge in [0.05, 0.1) is 0 Å². The van der Waals surface area contributed by atoms with Gasteiger partial charge in [-0.3, -0.25) is 0 Å². The lowest BCUT2D eigenvalue weighted by molar-refractivity contribution is 0.590. The molecule has 0 atom stereocenters. The number of benzene rings is 4. The standard InChI is InChI=1S/C32H30OS/c1-31(2,3)21-12-14-27-24(18-21)22-13-11-19(17-28(22)33-27)20-15-25-23-9-7-8-10-29(23)34-30(25)26(16-20)32(4,5)6/h7-18H,1-6H3. The molecule has 0 radical (unpaired) electrons. The van der Waals surface area contributed by atoms with Gasteiger partial charge in [-0.25, -0.2) is 0 Å². The molecule has 0 saturated carbocycles. The Morgan fingerprint density at radius 2 is 1.38 bits per heavy atom. The van der Waals surface area contributed by atoms with E-state index in [-0.39, 0.29) is 10.8 Å². The van der Waals surface area contributed by atoms with Crippen LogP contribution in [0.1, 0.15) is 52.7 Å². The van der Waals surface area contributed by atoms with E-state index in [9.17, 15) is 0 Å². The zero-order valence-corrected chi connectivity index (χ0v) is 21.6. The van der Waals surface area contributed by atoms with Gasteiger partial charge in [-0.05, 0) is 75.5 Å². The van der Waals surface area contributed by atoms with Crippen molar-refractivity contribution in [1.82, 2.24) is 0 Å². The van der Waals surface area contributed by atoms with Crippen LogP contribution in [0.3, 0.4) is 0 Å². The molecule has 2 heteroatoms. The summed E-state index contributed by atoms with van der Waals surface area (Å²) in [6.45, 7) is 13.7. The van der Waals surface area contributed by atoms with Crippen LogP contribution in [-0.4, -0.2) is 0 Å². The van der Waals surface area contributed by atoms with Crippen LogP contribution in [0.25, 0.3) is 53.2 Å². The van der Waals surface area contributed by atoms with Crippen LogP contribution in [-0.2, 0) is 10.8 Å². The van der Waals surface area contributed by atoms with Crippen LogP contribution >= 0.6 is 11.3 Å². The number of furan rings is 1. The van der Waals surface area contributed by atoms with Crippen molar-refractivity contribution in [2.75, 3.05) is 0 Å². The number of rotatable bonds is 1. The summed E-state index contributed by atoms with van der Waals surface area (Å²) in [5.74, 6) is 0. The Hall–Kier alpha value is -3.10. The number of fused-ring (bicyclic) bond motifs is 6. The summed E-state index contributed by atoms with van der Waals surface area (Å²) in [5, 5.41) is 5.07. The molecular weight excluding hydrogens is 432 g/mol. The van der Waals surface area contributed by atoms with Crippen molar-refractivity contribution in [1.29, 1.82) is 0 Å². The minimum absolute atomic E-state index is 0.0575. The van der Waals surface area contributed by atoms with Crippen molar-refractivity contribution in [2.24, 2.45) is 0 Å². The Bertz CT molecular complexity index is 1710. The van der Waals surface area contributed by atoms with Crippen molar-refractivity contribution in [3.05, 3.63) is 83.9 Å². The molecule has 0 aliphatic carbocycles. The highest BCUT2D eigenvalue weighted by atomic mass is 32.1. The van der Waals surface area contributed by atoms with E-state index in [0.29, 0.717) is 0 Å². The zero-order chi connectivity index (χ0) is 23.8. The Morgan fingerprint density at radius 3 is 2.15 bits per heavy atom.